The maximum Gasteiger partial charge on any atom is 0.133 e. The molecule has 4 heteroatoms. The zero-order valence-electron chi connectivity index (χ0n) is 8.78. The summed E-state index contributed by atoms with van der Waals surface area (Å²) in [5, 5.41) is 9.89. The number of β-amino-alcohol motifs (C(OH)–C–C–N with tert-alkyl or cyclic N) is 1. The molecule has 1 aliphatic heterocycles. The standard InChI is InChI=1S/C11H15ClN2O/c1-11(15)4-6-14(8-11)10-9(7-12)3-2-5-13-10/h2-3,5,15H,4,6-8H2,1H3. The summed E-state index contributed by atoms with van der Waals surface area (Å²) in [7, 11) is 0. The lowest BCUT2D eigenvalue weighted by atomic mass is 10.1. The molecule has 15 heavy (non-hydrogen) atoms. The Morgan fingerprint density at radius 3 is 3.07 bits per heavy atom. The molecule has 1 unspecified atom stereocenters. The number of aromatic nitrogens is 1. The Bertz CT molecular complexity index is 354. The fraction of sp³-hybridized carbons (Fsp3) is 0.545. The summed E-state index contributed by atoms with van der Waals surface area (Å²) in [6.07, 6.45) is 2.55. The molecule has 1 N–H and O–H groups in total. The molecule has 0 saturated carbocycles. The maximum atomic E-state index is 9.89. The van der Waals surface area contributed by atoms with Gasteiger partial charge in [-0.15, -0.1) is 11.6 Å². The van der Waals surface area contributed by atoms with E-state index >= 15 is 0 Å². The summed E-state index contributed by atoms with van der Waals surface area (Å²) in [6, 6.07) is 3.86. The highest BCUT2D eigenvalue weighted by atomic mass is 35.5. The third-order valence-electron chi connectivity index (χ3n) is 2.76. The molecule has 2 heterocycles. The van der Waals surface area contributed by atoms with E-state index < -0.39 is 5.60 Å². The number of alkyl halides is 1. The molecule has 0 spiro atoms. The molecular weight excluding hydrogens is 212 g/mol. The molecule has 2 rings (SSSR count). The van der Waals surface area contributed by atoms with Crippen molar-refractivity contribution in [1.82, 2.24) is 4.98 Å². The lowest BCUT2D eigenvalue weighted by Gasteiger charge is -2.21. The van der Waals surface area contributed by atoms with Crippen LogP contribution in [0, 0.1) is 0 Å². The first-order valence-corrected chi connectivity index (χ1v) is 5.63. The molecule has 1 saturated heterocycles. The Morgan fingerprint density at radius 2 is 2.47 bits per heavy atom. The number of halogens is 1. The van der Waals surface area contributed by atoms with E-state index in [0.29, 0.717) is 12.4 Å². The second-order valence-corrected chi connectivity index (χ2v) is 4.56. The van der Waals surface area contributed by atoms with E-state index in [4.69, 9.17) is 11.6 Å². The van der Waals surface area contributed by atoms with Gasteiger partial charge in [-0.05, 0) is 19.4 Å². The molecule has 1 aromatic rings. The predicted octanol–water partition coefficient (Wildman–Crippen LogP) is 1.78. The summed E-state index contributed by atoms with van der Waals surface area (Å²) in [6.45, 7) is 3.33. The van der Waals surface area contributed by atoms with Crippen molar-refractivity contribution < 1.29 is 5.11 Å². The molecule has 0 aromatic carbocycles. The minimum atomic E-state index is -0.596. The van der Waals surface area contributed by atoms with Gasteiger partial charge in [0.1, 0.15) is 5.82 Å². The fourth-order valence-electron chi connectivity index (χ4n) is 1.95. The molecular formula is C11H15ClN2O. The largest absolute Gasteiger partial charge is 0.388 e. The monoisotopic (exact) mass is 226 g/mol. The SMILES string of the molecule is CC1(O)CCN(c2ncccc2CCl)C1. The van der Waals surface area contributed by atoms with Gasteiger partial charge in [-0.25, -0.2) is 4.98 Å². The van der Waals surface area contributed by atoms with Crippen LogP contribution < -0.4 is 4.90 Å². The van der Waals surface area contributed by atoms with Crippen LogP contribution >= 0.6 is 11.6 Å². The van der Waals surface area contributed by atoms with Gasteiger partial charge in [-0.1, -0.05) is 6.07 Å². The van der Waals surface area contributed by atoms with E-state index in [0.717, 1.165) is 24.3 Å². The molecule has 0 amide bonds. The highest BCUT2D eigenvalue weighted by Gasteiger charge is 2.32. The Morgan fingerprint density at radius 1 is 1.67 bits per heavy atom. The van der Waals surface area contributed by atoms with Gasteiger partial charge in [0.2, 0.25) is 0 Å². The number of hydrogen-bond acceptors (Lipinski definition) is 3. The first kappa shape index (κ1) is 10.7. The number of pyridine rings is 1. The summed E-state index contributed by atoms with van der Waals surface area (Å²) in [5.74, 6) is 1.37. The second-order valence-electron chi connectivity index (χ2n) is 4.29. The van der Waals surface area contributed by atoms with E-state index in [1.807, 2.05) is 19.1 Å². The van der Waals surface area contributed by atoms with Gasteiger partial charge in [-0.2, -0.15) is 0 Å². The van der Waals surface area contributed by atoms with Gasteiger partial charge >= 0.3 is 0 Å². The number of rotatable bonds is 2. The lowest BCUT2D eigenvalue weighted by Crippen LogP contribution is -2.30. The van der Waals surface area contributed by atoms with E-state index in [1.54, 1.807) is 6.20 Å². The minimum absolute atomic E-state index is 0.460. The number of hydrogen-bond donors (Lipinski definition) is 1. The molecule has 1 fully saturated rings. The first-order chi connectivity index (χ1) is 7.12. The molecule has 0 bridgehead atoms. The highest BCUT2D eigenvalue weighted by Crippen LogP contribution is 2.27. The first-order valence-electron chi connectivity index (χ1n) is 5.09. The van der Waals surface area contributed by atoms with Crippen LogP contribution in [0.2, 0.25) is 0 Å². The van der Waals surface area contributed by atoms with Gasteiger partial charge in [-0.3, -0.25) is 0 Å². The number of aliphatic hydroxyl groups is 1. The third kappa shape index (κ3) is 2.24. The van der Waals surface area contributed by atoms with Crippen molar-refractivity contribution in [3.63, 3.8) is 0 Å². The quantitative estimate of drug-likeness (QED) is 0.782. The minimum Gasteiger partial charge on any atom is -0.388 e. The van der Waals surface area contributed by atoms with Crippen molar-refractivity contribution in [1.29, 1.82) is 0 Å². The van der Waals surface area contributed by atoms with Crippen LogP contribution in [0.1, 0.15) is 18.9 Å². The Kier molecular flexibility index (Phi) is 2.85. The predicted molar refractivity (Wildman–Crippen MR) is 61.2 cm³/mol. The molecule has 3 nitrogen and oxygen atoms in total. The second kappa shape index (κ2) is 3.99. The van der Waals surface area contributed by atoms with E-state index in [1.165, 1.54) is 0 Å². The zero-order valence-corrected chi connectivity index (χ0v) is 9.54. The van der Waals surface area contributed by atoms with Crippen molar-refractivity contribution >= 4 is 17.4 Å². The maximum absolute atomic E-state index is 9.89. The molecule has 82 valence electrons. The third-order valence-corrected chi connectivity index (χ3v) is 3.05. The van der Waals surface area contributed by atoms with Gasteiger partial charge in [0.05, 0.1) is 11.5 Å². The van der Waals surface area contributed by atoms with Gasteiger partial charge in [0.15, 0.2) is 0 Å². The number of anilines is 1. The molecule has 0 radical (unpaired) electrons. The molecule has 1 aromatic heterocycles. The normalized spacial score (nSPS) is 25.9. The smallest absolute Gasteiger partial charge is 0.133 e. The molecule has 1 aliphatic rings. The zero-order chi connectivity index (χ0) is 10.9. The summed E-state index contributed by atoms with van der Waals surface area (Å²) in [4.78, 5) is 6.42. The van der Waals surface area contributed by atoms with Crippen LogP contribution in [0.3, 0.4) is 0 Å². The lowest BCUT2D eigenvalue weighted by molar-refractivity contribution is 0.0839. The van der Waals surface area contributed by atoms with E-state index in [-0.39, 0.29) is 0 Å². The van der Waals surface area contributed by atoms with Crippen molar-refractivity contribution in [3.8, 4) is 0 Å². The van der Waals surface area contributed by atoms with E-state index in [9.17, 15) is 5.11 Å². The Hall–Kier alpha value is -0.800. The fourth-order valence-corrected chi connectivity index (χ4v) is 2.15. The van der Waals surface area contributed by atoms with Gasteiger partial charge < -0.3 is 10.0 Å². The highest BCUT2D eigenvalue weighted by molar-refractivity contribution is 6.17. The van der Waals surface area contributed by atoms with Crippen molar-refractivity contribution in [2.24, 2.45) is 0 Å². The average Bonchev–Trinajstić information content (AvgIpc) is 2.59. The van der Waals surface area contributed by atoms with E-state index in [2.05, 4.69) is 9.88 Å². The van der Waals surface area contributed by atoms with Crippen LogP contribution in [0.15, 0.2) is 18.3 Å². The molecule has 0 aliphatic carbocycles. The van der Waals surface area contributed by atoms with Gasteiger partial charge in [0, 0.05) is 24.8 Å². The van der Waals surface area contributed by atoms with Gasteiger partial charge in [0.25, 0.3) is 0 Å². The summed E-state index contributed by atoms with van der Waals surface area (Å²) < 4.78 is 0. The van der Waals surface area contributed by atoms with Crippen LogP contribution in [0.4, 0.5) is 5.82 Å². The topological polar surface area (TPSA) is 36.4 Å². The molecule has 1 atom stereocenters. The van der Waals surface area contributed by atoms with Crippen LogP contribution in [0.5, 0.6) is 0 Å². The van der Waals surface area contributed by atoms with Crippen molar-refractivity contribution in [3.05, 3.63) is 23.9 Å². The Balaban J connectivity index is 2.23. The Labute approximate surface area is 94.7 Å². The van der Waals surface area contributed by atoms with Crippen molar-refractivity contribution in [2.45, 2.75) is 24.8 Å². The summed E-state index contributed by atoms with van der Waals surface area (Å²) >= 11 is 5.85. The van der Waals surface area contributed by atoms with Crippen molar-refractivity contribution in [2.75, 3.05) is 18.0 Å². The summed E-state index contributed by atoms with van der Waals surface area (Å²) in [5.41, 5.74) is 0.429. The van der Waals surface area contributed by atoms with Crippen LogP contribution in [0.25, 0.3) is 0 Å². The number of nitrogens with zero attached hydrogens (tertiary/aromatic N) is 2. The van der Waals surface area contributed by atoms with Crippen LogP contribution in [-0.4, -0.2) is 28.8 Å². The average molecular weight is 227 g/mol. The van der Waals surface area contributed by atoms with Crippen LogP contribution in [-0.2, 0) is 5.88 Å².